The van der Waals surface area contributed by atoms with Gasteiger partial charge in [-0.3, -0.25) is 4.79 Å². The van der Waals surface area contributed by atoms with Crippen LogP contribution in [-0.4, -0.2) is 14.0 Å². The number of benzene rings is 2. The van der Waals surface area contributed by atoms with Crippen molar-refractivity contribution < 1.29 is 0 Å². The first-order valence-corrected chi connectivity index (χ1v) is 9.61. The summed E-state index contributed by atoms with van der Waals surface area (Å²) >= 11 is 1.44. The topological polar surface area (TPSA) is 39.3 Å². The van der Waals surface area contributed by atoms with Crippen LogP contribution in [0.4, 0.5) is 0 Å². The predicted molar refractivity (Wildman–Crippen MR) is 113 cm³/mol. The SMILES string of the molecule is C=CCn1c(C)c(/C=c2/sc3nc4ccccc4n3c2=O)c2ccccc21. The lowest BCUT2D eigenvalue weighted by atomic mass is 10.1. The molecule has 0 atom stereocenters. The molecule has 5 aromatic rings. The van der Waals surface area contributed by atoms with Crippen LogP contribution < -0.4 is 10.1 Å². The fourth-order valence-electron chi connectivity index (χ4n) is 3.75. The van der Waals surface area contributed by atoms with Crippen molar-refractivity contribution in [3.05, 3.63) is 87.3 Å². The highest BCUT2D eigenvalue weighted by Gasteiger charge is 2.14. The Morgan fingerprint density at radius 3 is 2.67 bits per heavy atom. The van der Waals surface area contributed by atoms with Gasteiger partial charge in [-0.1, -0.05) is 47.7 Å². The Kier molecular flexibility index (Phi) is 3.52. The van der Waals surface area contributed by atoms with Crippen LogP contribution in [0.2, 0.25) is 0 Å². The van der Waals surface area contributed by atoms with Gasteiger partial charge in [0, 0.05) is 28.7 Å². The molecule has 3 heterocycles. The molecule has 0 amide bonds. The molecule has 132 valence electrons. The third-order valence-corrected chi connectivity index (χ3v) is 5.98. The second-order valence-electron chi connectivity index (χ2n) is 6.55. The molecule has 0 saturated carbocycles. The minimum absolute atomic E-state index is 0.0105. The molecule has 3 aromatic heterocycles. The zero-order valence-electron chi connectivity index (χ0n) is 14.8. The number of hydrogen-bond acceptors (Lipinski definition) is 3. The largest absolute Gasteiger partial charge is 0.340 e. The number of aromatic nitrogens is 3. The van der Waals surface area contributed by atoms with Crippen molar-refractivity contribution in [2.24, 2.45) is 0 Å². The fraction of sp³-hybridized carbons (Fsp3) is 0.0909. The minimum atomic E-state index is -0.0105. The lowest BCUT2D eigenvalue weighted by molar-refractivity contribution is 0.828. The highest BCUT2D eigenvalue weighted by molar-refractivity contribution is 7.15. The van der Waals surface area contributed by atoms with Crippen LogP contribution in [0.25, 0.3) is 33.0 Å². The van der Waals surface area contributed by atoms with Crippen molar-refractivity contribution >= 4 is 44.3 Å². The van der Waals surface area contributed by atoms with Gasteiger partial charge in [-0.05, 0) is 31.2 Å². The quantitative estimate of drug-likeness (QED) is 0.451. The Labute approximate surface area is 159 Å². The molecule has 5 rings (SSSR count). The predicted octanol–water partition coefficient (Wildman–Crippen LogP) is 3.91. The number of nitrogens with zero attached hydrogens (tertiary/aromatic N) is 3. The molecule has 4 nitrogen and oxygen atoms in total. The molecule has 5 heteroatoms. The second-order valence-corrected chi connectivity index (χ2v) is 7.56. The molecule has 0 aliphatic rings. The zero-order valence-corrected chi connectivity index (χ0v) is 15.7. The lowest BCUT2D eigenvalue weighted by Gasteiger charge is -2.03. The molecule has 27 heavy (non-hydrogen) atoms. The highest BCUT2D eigenvalue weighted by Crippen LogP contribution is 2.26. The smallest absolute Gasteiger partial charge is 0.274 e. The molecule has 0 spiro atoms. The molecule has 0 aliphatic carbocycles. The average Bonchev–Trinajstić information content (AvgIpc) is 3.28. The number of allylic oxidation sites excluding steroid dienone is 1. The summed E-state index contributed by atoms with van der Waals surface area (Å²) in [7, 11) is 0. The Bertz CT molecular complexity index is 1450. The van der Waals surface area contributed by atoms with E-state index in [1.165, 1.54) is 11.3 Å². The van der Waals surface area contributed by atoms with Crippen LogP contribution in [0.1, 0.15) is 11.3 Å². The van der Waals surface area contributed by atoms with Gasteiger partial charge in [0.2, 0.25) is 0 Å². The molecule has 2 aromatic carbocycles. The summed E-state index contributed by atoms with van der Waals surface area (Å²) in [5.74, 6) is 0. The van der Waals surface area contributed by atoms with Crippen LogP contribution in [0.15, 0.2) is 66.0 Å². The standard InChI is InChI=1S/C22H17N3OS/c1-3-12-24-14(2)16(15-8-4-6-10-18(15)24)13-20-21(26)25-19-11-7-5-9-17(19)23-22(25)27-20/h3-11,13H,1,12H2,2H3/b20-13+. The molecule has 0 N–H and O–H groups in total. The van der Waals surface area contributed by atoms with Crippen LogP contribution >= 0.6 is 11.3 Å². The molecule has 0 radical (unpaired) electrons. The van der Waals surface area contributed by atoms with Crippen molar-refractivity contribution in [3.8, 4) is 0 Å². The van der Waals surface area contributed by atoms with Crippen molar-refractivity contribution in [1.82, 2.24) is 14.0 Å². The number of fused-ring (bicyclic) bond motifs is 4. The van der Waals surface area contributed by atoms with E-state index < -0.39 is 0 Å². The Morgan fingerprint density at radius 1 is 1.11 bits per heavy atom. The molecular formula is C22H17N3OS. The fourth-order valence-corrected chi connectivity index (χ4v) is 4.72. The van der Waals surface area contributed by atoms with Gasteiger partial charge < -0.3 is 4.57 Å². The van der Waals surface area contributed by atoms with E-state index in [1.807, 2.05) is 48.6 Å². The van der Waals surface area contributed by atoms with Crippen molar-refractivity contribution in [3.63, 3.8) is 0 Å². The maximum atomic E-state index is 13.1. The maximum Gasteiger partial charge on any atom is 0.274 e. The van der Waals surface area contributed by atoms with E-state index in [1.54, 1.807) is 4.40 Å². The van der Waals surface area contributed by atoms with Crippen LogP contribution in [-0.2, 0) is 6.54 Å². The molecule has 0 aliphatic heterocycles. The average molecular weight is 371 g/mol. The van der Waals surface area contributed by atoms with E-state index in [0.717, 1.165) is 44.7 Å². The first kappa shape index (κ1) is 16.0. The molecule has 0 saturated heterocycles. The van der Waals surface area contributed by atoms with Gasteiger partial charge in [-0.25, -0.2) is 9.38 Å². The maximum absolute atomic E-state index is 13.1. The summed E-state index contributed by atoms with van der Waals surface area (Å²) in [6, 6.07) is 16.0. The number of thiazole rings is 1. The van der Waals surface area contributed by atoms with Gasteiger partial charge in [0.1, 0.15) is 0 Å². The number of imidazole rings is 1. The Balaban J connectivity index is 1.83. The number of hydrogen-bond donors (Lipinski definition) is 0. The first-order chi connectivity index (χ1) is 13.2. The summed E-state index contributed by atoms with van der Waals surface area (Å²) in [5, 5.41) is 1.15. The third kappa shape index (κ3) is 2.28. The van der Waals surface area contributed by atoms with Crippen LogP contribution in [0, 0.1) is 6.92 Å². The van der Waals surface area contributed by atoms with Gasteiger partial charge in [-0.15, -0.1) is 6.58 Å². The molecule has 0 bridgehead atoms. The summed E-state index contributed by atoms with van der Waals surface area (Å²) in [5.41, 5.74) is 5.07. The van der Waals surface area contributed by atoms with E-state index in [9.17, 15) is 4.79 Å². The second kappa shape index (κ2) is 5.93. The number of rotatable bonds is 3. The van der Waals surface area contributed by atoms with E-state index in [0.29, 0.717) is 4.53 Å². The van der Waals surface area contributed by atoms with Crippen molar-refractivity contribution in [1.29, 1.82) is 0 Å². The van der Waals surface area contributed by atoms with Gasteiger partial charge in [0.25, 0.3) is 5.56 Å². The Hall–Kier alpha value is -3.18. The summed E-state index contributed by atoms with van der Waals surface area (Å²) in [4.78, 5) is 18.4. The molecular weight excluding hydrogens is 354 g/mol. The van der Waals surface area contributed by atoms with Crippen LogP contribution in [0.5, 0.6) is 0 Å². The number of para-hydroxylation sites is 3. The summed E-state index contributed by atoms with van der Waals surface area (Å²) in [6.07, 6.45) is 3.90. The van der Waals surface area contributed by atoms with Gasteiger partial charge in [0.15, 0.2) is 4.96 Å². The van der Waals surface area contributed by atoms with Crippen molar-refractivity contribution in [2.75, 3.05) is 0 Å². The summed E-state index contributed by atoms with van der Waals surface area (Å²) in [6.45, 7) is 6.70. The monoisotopic (exact) mass is 371 g/mol. The van der Waals surface area contributed by atoms with E-state index in [4.69, 9.17) is 0 Å². The highest BCUT2D eigenvalue weighted by atomic mass is 32.1. The summed E-state index contributed by atoms with van der Waals surface area (Å²) < 4.78 is 4.64. The van der Waals surface area contributed by atoms with Crippen LogP contribution in [0.3, 0.4) is 0 Å². The van der Waals surface area contributed by atoms with E-state index in [-0.39, 0.29) is 5.56 Å². The van der Waals surface area contributed by atoms with Gasteiger partial charge in [0.05, 0.1) is 15.6 Å². The third-order valence-electron chi connectivity index (χ3n) is 5.01. The van der Waals surface area contributed by atoms with E-state index >= 15 is 0 Å². The normalized spacial score (nSPS) is 12.6. The Morgan fingerprint density at radius 2 is 1.85 bits per heavy atom. The zero-order chi connectivity index (χ0) is 18.5. The van der Waals surface area contributed by atoms with Crippen molar-refractivity contribution in [2.45, 2.75) is 13.5 Å². The lowest BCUT2D eigenvalue weighted by Crippen LogP contribution is -2.22. The van der Waals surface area contributed by atoms with Gasteiger partial charge in [-0.2, -0.15) is 0 Å². The minimum Gasteiger partial charge on any atom is -0.340 e. The van der Waals surface area contributed by atoms with E-state index in [2.05, 4.69) is 35.2 Å². The van der Waals surface area contributed by atoms with Gasteiger partial charge >= 0.3 is 0 Å². The first-order valence-electron chi connectivity index (χ1n) is 8.79. The molecule has 0 fully saturated rings. The molecule has 0 unspecified atom stereocenters.